The topological polar surface area (TPSA) is 68.9 Å². The van der Waals surface area contributed by atoms with Gasteiger partial charge in [0.1, 0.15) is 23.5 Å². The van der Waals surface area contributed by atoms with E-state index < -0.39 is 11.8 Å². The fourth-order valence-corrected chi connectivity index (χ4v) is 4.66. The average Bonchev–Trinajstić information content (AvgIpc) is 3.07. The van der Waals surface area contributed by atoms with Crippen LogP contribution in [0.5, 0.6) is 0 Å². The van der Waals surface area contributed by atoms with Crippen molar-refractivity contribution in [1.82, 2.24) is 0 Å². The fraction of sp³-hybridized carbons (Fsp3) is 0.591. The highest BCUT2D eigenvalue weighted by Gasteiger charge is 2.45. The van der Waals surface area contributed by atoms with Crippen LogP contribution >= 0.6 is 0 Å². The number of ether oxygens (including phenoxy) is 1. The van der Waals surface area contributed by atoms with E-state index in [4.69, 9.17) is 9.15 Å². The van der Waals surface area contributed by atoms with Gasteiger partial charge in [-0.1, -0.05) is 6.42 Å². The third kappa shape index (κ3) is 3.52. The third-order valence-corrected chi connectivity index (χ3v) is 5.99. The Bertz CT molecular complexity index is 810. The van der Waals surface area contributed by atoms with Gasteiger partial charge in [-0.2, -0.15) is 0 Å². The summed E-state index contributed by atoms with van der Waals surface area (Å²) in [5, 5.41) is 0. The Hall–Kier alpha value is -2.17. The summed E-state index contributed by atoms with van der Waals surface area (Å²) in [6.07, 6.45) is 7.34. The molecule has 27 heavy (non-hydrogen) atoms. The molecular weight excluding hydrogens is 342 g/mol. The van der Waals surface area contributed by atoms with Gasteiger partial charge in [0.25, 0.3) is 0 Å². The zero-order valence-corrected chi connectivity index (χ0v) is 16.1. The summed E-state index contributed by atoms with van der Waals surface area (Å²) in [5.41, 5.74) is 2.21. The second-order valence-electron chi connectivity index (χ2n) is 7.99. The maximum Gasteiger partial charge on any atom is 0.316 e. The van der Waals surface area contributed by atoms with E-state index >= 15 is 0 Å². The van der Waals surface area contributed by atoms with Gasteiger partial charge in [-0.25, -0.2) is 0 Å². The van der Waals surface area contributed by atoms with Gasteiger partial charge in [0.15, 0.2) is 5.78 Å². The monoisotopic (exact) mass is 369 g/mol. The molecule has 0 unspecified atom stereocenters. The zero-order chi connectivity index (χ0) is 19.0. The molecule has 1 fully saturated rings. The summed E-state index contributed by atoms with van der Waals surface area (Å²) in [7, 11) is 0. The lowest BCUT2D eigenvalue weighted by molar-refractivity contribution is -0.153. The molecule has 2 atom stereocenters. The molecule has 0 N–H and O–H groups in total. The van der Waals surface area contributed by atoms with Crippen LogP contribution in [0.1, 0.15) is 75.7 Å². The van der Waals surface area contributed by atoms with Crippen LogP contribution in [0.25, 0.3) is 0 Å². The van der Waals surface area contributed by atoms with Crippen LogP contribution in [-0.2, 0) is 14.3 Å². The number of ketones is 1. The normalized spacial score (nSPS) is 26.6. The molecular formula is C22H27NO4. The number of hydrogen-bond acceptors (Lipinski definition) is 5. The quantitative estimate of drug-likeness (QED) is 0.728. The smallest absolute Gasteiger partial charge is 0.316 e. The van der Waals surface area contributed by atoms with Crippen LogP contribution in [-0.4, -0.2) is 23.6 Å². The Morgan fingerprint density at radius 3 is 2.59 bits per heavy atom. The molecule has 144 valence electrons. The Balaban J connectivity index is 1.70. The molecule has 5 nitrogen and oxygen atoms in total. The summed E-state index contributed by atoms with van der Waals surface area (Å²) in [6, 6.07) is 3.76. The molecule has 1 saturated carbocycles. The Kier molecular flexibility index (Phi) is 5.02. The predicted octanol–water partition coefficient (Wildman–Crippen LogP) is 4.65. The van der Waals surface area contributed by atoms with E-state index in [-0.39, 0.29) is 17.9 Å². The van der Waals surface area contributed by atoms with Gasteiger partial charge >= 0.3 is 5.97 Å². The molecule has 0 bridgehead atoms. The van der Waals surface area contributed by atoms with Crippen LogP contribution in [0.2, 0.25) is 0 Å². The molecule has 0 spiro atoms. The van der Waals surface area contributed by atoms with Gasteiger partial charge in [-0.15, -0.1) is 0 Å². The summed E-state index contributed by atoms with van der Waals surface area (Å²) in [4.78, 5) is 30.6. The number of Topliss-reactive ketones (excluding diaryl/α,β-unsaturated/α-hetero) is 1. The number of aryl methyl sites for hydroxylation is 1. The second kappa shape index (κ2) is 7.45. The van der Waals surface area contributed by atoms with Crippen LogP contribution < -0.4 is 0 Å². The molecule has 2 heterocycles. The van der Waals surface area contributed by atoms with Crippen molar-refractivity contribution in [2.45, 2.75) is 77.2 Å². The highest BCUT2D eigenvalue weighted by molar-refractivity contribution is 6.08. The molecule has 4 rings (SSSR count). The number of carbonyl (C=O) groups is 2. The zero-order valence-electron chi connectivity index (χ0n) is 16.1. The predicted molar refractivity (Wildman–Crippen MR) is 102 cm³/mol. The van der Waals surface area contributed by atoms with Crippen LogP contribution in [0.3, 0.4) is 0 Å². The maximum atomic E-state index is 13.2. The fourth-order valence-electron chi connectivity index (χ4n) is 4.66. The van der Waals surface area contributed by atoms with E-state index in [0.717, 1.165) is 55.7 Å². The number of carbonyl (C=O) groups excluding carboxylic acids is 2. The highest BCUT2D eigenvalue weighted by atomic mass is 16.5. The Labute approximate surface area is 159 Å². The van der Waals surface area contributed by atoms with Gasteiger partial charge in [-0.3, -0.25) is 14.6 Å². The van der Waals surface area contributed by atoms with Crippen molar-refractivity contribution in [3.63, 3.8) is 0 Å². The van der Waals surface area contributed by atoms with E-state index in [1.807, 2.05) is 26.0 Å². The highest BCUT2D eigenvalue weighted by Crippen LogP contribution is 2.44. The van der Waals surface area contributed by atoms with E-state index in [0.29, 0.717) is 17.8 Å². The van der Waals surface area contributed by atoms with E-state index in [1.165, 1.54) is 6.42 Å². The molecule has 0 radical (unpaired) electrons. The lowest BCUT2D eigenvalue weighted by atomic mass is 9.74. The number of aliphatic imine (C=N–C) groups is 1. The first-order valence-electron chi connectivity index (χ1n) is 10.1. The molecule has 1 aromatic heterocycles. The number of nitrogens with zero attached hydrogens (tertiary/aromatic N) is 1. The lowest BCUT2D eigenvalue weighted by Crippen LogP contribution is -2.38. The van der Waals surface area contributed by atoms with E-state index in [2.05, 4.69) is 4.99 Å². The third-order valence-electron chi connectivity index (χ3n) is 5.99. The number of rotatable bonds is 3. The minimum atomic E-state index is -0.585. The molecule has 2 aliphatic carbocycles. The molecule has 0 amide bonds. The summed E-state index contributed by atoms with van der Waals surface area (Å²) in [5.74, 6) is 0.243. The molecule has 3 aliphatic rings. The SMILES string of the molecule is CC1=NC2=C(C(=O)CCC2)[C@@H](c2ccc(C)o2)[C@@H]1C(=O)OC1CCCCC1. The number of furan rings is 1. The van der Waals surface area contributed by atoms with E-state index in [1.54, 1.807) is 0 Å². The molecule has 0 saturated heterocycles. The van der Waals surface area contributed by atoms with Gasteiger partial charge in [0, 0.05) is 23.4 Å². The van der Waals surface area contributed by atoms with Crippen molar-refractivity contribution in [1.29, 1.82) is 0 Å². The molecule has 0 aromatic carbocycles. The average molecular weight is 369 g/mol. The lowest BCUT2D eigenvalue weighted by Gasteiger charge is -2.34. The number of esters is 1. The minimum absolute atomic E-state index is 0.0181. The summed E-state index contributed by atoms with van der Waals surface area (Å²) in [6.45, 7) is 3.75. The standard InChI is InChI=1S/C22H27NO4/c1-13-11-12-18(26-13)21-19(22(25)27-15-7-4-3-5-8-15)14(2)23-16-9-6-10-17(24)20(16)21/h11-12,15,19,21H,3-10H2,1-2H3/t19-,21+/m1/s1. The molecule has 1 aliphatic heterocycles. The second-order valence-corrected chi connectivity index (χ2v) is 7.99. The van der Waals surface area contributed by atoms with Crippen LogP contribution in [0, 0.1) is 12.8 Å². The number of allylic oxidation sites excluding steroid dienone is 2. The van der Waals surface area contributed by atoms with Gasteiger partial charge < -0.3 is 9.15 Å². The number of hydrogen-bond donors (Lipinski definition) is 0. The Morgan fingerprint density at radius 2 is 1.89 bits per heavy atom. The van der Waals surface area contributed by atoms with Crippen molar-refractivity contribution in [3.05, 3.63) is 34.9 Å². The van der Waals surface area contributed by atoms with Crippen LogP contribution in [0.15, 0.2) is 32.8 Å². The largest absolute Gasteiger partial charge is 0.466 e. The first kappa shape index (κ1) is 18.2. The minimum Gasteiger partial charge on any atom is -0.466 e. The van der Waals surface area contributed by atoms with Crippen molar-refractivity contribution in [2.24, 2.45) is 10.9 Å². The van der Waals surface area contributed by atoms with Gasteiger partial charge in [-0.05, 0) is 64.5 Å². The maximum absolute atomic E-state index is 13.2. The van der Waals surface area contributed by atoms with Gasteiger partial charge in [0.05, 0.1) is 5.92 Å². The van der Waals surface area contributed by atoms with Crippen molar-refractivity contribution in [2.75, 3.05) is 0 Å². The van der Waals surface area contributed by atoms with E-state index in [9.17, 15) is 9.59 Å². The Morgan fingerprint density at radius 1 is 1.11 bits per heavy atom. The van der Waals surface area contributed by atoms with Crippen molar-refractivity contribution in [3.8, 4) is 0 Å². The van der Waals surface area contributed by atoms with Crippen molar-refractivity contribution < 1.29 is 18.7 Å². The van der Waals surface area contributed by atoms with Gasteiger partial charge in [0.2, 0.25) is 0 Å². The summed E-state index contributed by atoms with van der Waals surface area (Å²) >= 11 is 0. The molecule has 1 aromatic rings. The van der Waals surface area contributed by atoms with Crippen LogP contribution in [0.4, 0.5) is 0 Å². The molecule has 5 heteroatoms. The first-order chi connectivity index (χ1) is 13.0. The first-order valence-corrected chi connectivity index (χ1v) is 10.1. The summed E-state index contributed by atoms with van der Waals surface area (Å²) < 4.78 is 11.8. The van der Waals surface area contributed by atoms with Crippen molar-refractivity contribution >= 4 is 17.5 Å².